The Morgan fingerprint density at radius 1 is 1.12 bits per heavy atom. The average molecular weight is 417 g/mol. The lowest BCUT2D eigenvalue weighted by Crippen LogP contribution is -2.04. The fourth-order valence-electron chi connectivity index (χ4n) is 2.23. The first-order valence-electron chi connectivity index (χ1n) is 7.73. The zero-order valence-corrected chi connectivity index (χ0v) is 15.9. The number of rotatable bonds is 8. The second kappa shape index (κ2) is 8.82. The van der Waals surface area contributed by atoms with E-state index in [1.165, 1.54) is 0 Å². The lowest BCUT2D eigenvalue weighted by molar-refractivity contribution is 0.344. The number of hydrogen-bond acceptors (Lipinski definition) is 5. The summed E-state index contributed by atoms with van der Waals surface area (Å²) in [7, 11) is 0. The van der Waals surface area contributed by atoms with Gasteiger partial charge in [0, 0.05) is 34.7 Å². The molecule has 2 heterocycles. The topological polar surface area (TPSA) is 52.8 Å². The first kappa shape index (κ1) is 17.7. The van der Waals surface area contributed by atoms with Crippen molar-refractivity contribution in [2.24, 2.45) is 0 Å². The number of aromatic nitrogens is 4. The number of halogens is 1. The minimum atomic E-state index is 0.595. The van der Waals surface area contributed by atoms with Crippen LogP contribution >= 0.6 is 27.7 Å². The van der Waals surface area contributed by atoms with Gasteiger partial charge in [0.05, 0.1) is 6.61 Å². The highest BCUT2D eigenvalue weighted by Crippen LogP contribution is 2.24. The Morgan fingerprint density at radius 2 is 1.88 bits per heavy atom. The molecule has 0 spiro atoms. The van der Waals surface area contributed by atoms with E-state index >= 15 is 0 Å². The molecule has 0 aliphatic heterocycles. The van der Waals surface area contributed by atoms with Crippen molar-refractivity contribution in [2.75, 3.05) is 12.4 Å². The van der Waals surface area contributed by atoms with E-state index in [0.717, 1.165) is 32.5 Å². The second-order valence-electron chi connectivity index (χ2n) is 5.09. The second-order valence-corrected chi connectivity index (χ2v) is 7.07. The Hall–Kier alpha value is -2.12. The first-order chi connectivity index (χ1) is 12.3. The quantitative estimate of drug-likeness (QED) is 0.308. The minimum Gasteiger partial charge on any atom is -0.493 e. The molecule has 0 aliphatic carbocycles. The Bertz CT molecular complexity index is 821. The van der Waals surface area contributed by atoms with Crippen LogP contribution in [0.1, 0.15) is 0 Å². The standard InChI is InChI=1S/C18H17BrN4OS/c1-2-11-23-17(14-7-9-20-10-8-14)21-22-18(23)25-13-12-24-16-5-3-15(19)4-6-16/h2-10H,1,11-13H2. The average Bonchev–Trinajstić information content (AvgIpc) is 3.04. The highest BCUT2D eigenvalue weighted by atomic mass is 79.9. The Labute approximate surface area is 159 Å². The third-order valence-corrected chi connectivity index (χ3v) is 4.82. The SMILES string of the molecule is C=CCn1c(SCCOc2ccc(Br)cc2)nnc1-c1ccncc1. The van der Waals surface area contributed by atoms with E-state index in [2.05, 4.69) is 37.7 Å². The number of benzene rings is 1. The van der Waals surface area contributed by atoms with E-state index < -0.39 is 0 Å². The van der Waals surface area contributed by atoms with Crippen LogP contribution in [-0.2, 0) is 6.54 Å². The molecule has 0 aliphatic rings. The van der Waals surface area contributed by atoms with Crippen molar-refractivity contribution < 1.29 is 4.74 Å². The van der Waals surface area contributed by atoms with Crippen LogP contribution < -0.4 is 4.74 Å². The number of ether oxygens (including phenoxy) is 1. The zero-order chi connectivity index (χ0) is 17.5. The van der Waals surface area contributed by atoms with Crippen molar-refractivity contribution >= 4 is 27.7 Å². The van der Waals surface area contributed by atoms with Gasteiger partial charge in [0.1, 0.15) is 5.75 Å². The molecule has 0 saturated heterocycles. The molecule has 0 N–H and O–H groups in total. The van der Waals surface area contributed by atoms with Gasteiger partial charge in [-0.25, -0.2) is 0 Å². The maximum atomic E-state index is 5.75. The normalized spacial score (nSPS) is 10.6. The summed E-state index contributed by atoms with van der Waals surface area (Å²) in [6.07, 6.45) is 5.35. The Balaban J connectivity index is 1.63. The van der Waals surface area contributed by atoms with Gasteiger partial charge in [0.15, 0.2) is 11.0 Å². The molecule has 5 nitrogen and oxygen atoms in total. The van der Waals surface area contributed by atoms with E-state index in [0.29, 0.717) is 13.2 Å². The molecule has 7 heteroatoms. The van der Waals surface area contributed by atoms with E-state index in [-0.39, 0.29) is 0 Å². The molecule has 25 heavy (non-hydrogen) atoms. The summed E-state index contributed by atoms with van der Waals surface area (Å²) in [4.78, 5) is 4.05. The van der Waals surface area contributed by atoms with Crippen LogP contribution in [0.25, 0.3) is 11.4 Å². The highest BCUT2D eigenvalue weighted by molar-refractivity contribution is 9.10. The molecular formula is C18H17BrN4OS. The van der Waals surface area contributed by atoms with Crippen LogP contribution in [0.15, 0.2) is 71.1 Å². The minimum absolute atomic E-state index is 0.595. The number of pyridine rings is 1. The van der Waals surface area contributed by atoms with Crippen LogP contribution in [0.4, 0.5) is 0 Å². The molecule has 0 atom stereocenters. The van der Waals surface area contributed by atoms with E-state index in [1.54, 1.807) is 24.2 Å². The number of thioether (sulfide) groups is 1. The van der Waals surface area contributed by atoms with Crippen molar-refractivity contribution in [2.45, 2.75) is 11.7 Å². The van der Waals surface area contributed by atoms with Crippen molar-refractivity contribution in [3.63, 3.8) is 0 Å². The van der Waals surface area contributed by atoms with E-state index in [1.807, 2.05) is 47.0 Å². The van der Waals surface area contributed by atoms with Gasteiger partial charge in [-0.1, -0.05) is 33.8 Å². The van der Waals surface area contributed by atoms with Crippen LogP contribution in [0.5, 0.6) is 5.75 Å². The van der Waals surface area contributed by atoms with Crippen LogP contribution in [0.2, 0.25) is 0 Å². The molecule has 0 fully saturated rings. The van der Waals surface area contributed by atoms with Crippen LogP contribution in [0.3, 0.4) is 0 Å². The third-order valence-electron chi connectivity index (χ3n) is 3.36. The molecule has 0 radical (unpaired) electrons. The molecular weight excluding hydrogens is 400 g/mol. The number of hydrogen-bond donors (Lipinski definition) is 0. The van der Waals surface area contributed by atoms with Gasteiger partial charge in [-0.3, -0.25) is 9.55 Å². The van der Waals surface area contributed by atoms with Gasteiger partial charge in [-0.15, -0.1) is 16.8 Å². The summed E-state index contributed by atoms with van der Waals surface area (Å²) < 4.78 is 8.83. The summed E-state index contributed by atoms with van der Waals surface area (Å²) >= 11 is 5.03. The molecule has 0 amide bonds. The molecule has 1 aromatic carbocycles. The smallest absolute Gasteiger partial charge is 0.191 e. The molecule has 2 aromatic heterocycles. The predicted molar refractivity (Wildman–Crippen MR) is 104 cm³/mol. The summed E-state index contributed by atoms with van der Waals surface area (Å²) in [5, 5.41) is 9.49. The molecule has 0 bridgehead atoms. The summed E-state index contributed by atoms with van der Waals surface area (Å²) in [6, 6.07) is 11.7. The summed E-state index contributed by atoms with van der Waals surface area (Å²) in [5.74, 6) is 2.45. The predicted octanol–water partition coefficient (Wildman–Crippen LogP) is 4.46. The van der Waals surface area contributed by atoms with Gasteiger partial charge in [-0.2, -0.15) is 0 Å². The van der Waals surface area contributed by atoms with Gasteiger partial charge in [0.2, 0.25) is 0 Å². The Kier molecular flexibility index (Phi) is 6.25. The van der Waals surface area contributed by atoms with Crippen molar-refractivity contribution in [3.05, 3.63) is 65.9 Å². The van der Waals surface area contributed by atoms with Gasteiger partial charge >= 0.3 is 0 Å². The van der Waals surface area contributed by atoms with Crippen molar-refractivity contribution in [3.8, 4) is 17.1 Å². The molecule has 128 valence electrons. The zero-order valence-electron chi connectivity index (χ0n) is 13.5. The lowest BCUT2D eigenvalue weighted by atomic mass is 10.2. The fraction of sp³-hybridized carbons (Fsp3) is 0.167. The highest BCUT2D eigenvalue weighted by Gasteiger charge is 2.13. The van der Waals surface area contributed by atoms with Crippen LogP contribution in [-0.4, -0.2) is 32.1 Å². The third kappa shape index (κ3) is 4.70. The van der Waals surface area contributed by atoms with E-state index in [9.17, 15) is 0 Å². The summed E-state index contributed by atoms with van der Waals surface area (Å²) in [6.45, 7) is 5.08. The van der Waals surface area contributed by atoms with Crippen LogP contribution in [0, 0.1) is 0 Å². The Morgan fingerprint density at radius 3 is 2.60 bits per heavy atom. The first-order valence-corrected chi connectivity index (χ1v) is 9.51. The molecule has 3 rings (SSSR count). The maximum absolute atomic E-state index is 5.75. The van der Waals surface area contributed by atoms with E-state index in [4.69, 9.17) is 4.74 Å². The van der Waals surface area contributed by atoms with Crippen molar-refractivity contribution in [1.82, 2.24) is 19.7 Å². The van der Waals surface area contributed by atoms with Gasteiger partial charge in [0.25, 0.3) is 0 Å². The molecule has 0 saturated carbocycles. The monoisotopic (exact) mass is 416 g/mol. The van der Waals surface area contributed by atoms with Gasteiger partial charge in [-0.05, 0) is 36.4 Å². The van der Waals surface area contributed by atoms with Crippen molar-refractivity contribution in [1.29, 1.82) is 0 Å². The summed E-state index contributed by atoms with van der Waals surface area (Å²) in [5.41, 5.74) is 0.988. The number of nitrogens with zero attached hydrogens (tertiary/aromatic N) is 4. The maximum Gasteiger partial charge on any atom is 0.191 e. The van der Waals surface area contributed by atoms with Gasteiger partial charge < -0.3 is 4.74 Å². The fourth-order valence-corrected chi connectivity index (χ4v) is 3.26. The number of allylic oxidation sites excluding steroid dienone is 1. The molecule has 0 unspecified atom stereocenters. The largest absolute Gasteiger partial charge is 0.493 e. The molecule has 3 aromatic rings. The lowest BCUT2D eigenvalue weighted by Gasteiger charge is -2.08.